The molecule has 1 saturated heterocycles. The average Bonchev–Trinajstić information content (AvgIpc) is 2.83. The van der Waals surface area contributed by atoms with Gasteiger partial charge in [-0.25, -0.2) is 13.1 Å². The summed E-state index contributed by atoms with van der Waals surface area (Å²) in [6, 6.07) is 13.1. The number of morpholine rings is 1. The van der Waals surface area contributed by atoms with Gasteiger partial charge in [-0.2, -0.15) is 9.40 Å². The van der Waals surface area contributed by atoms with Gasteiger partial charge in [0.25, 0.3) is 11.5 Å². The number of sulfonamides is 1. The van der Waals surface area contributed by atoms with Crippen LogP contribution in [0.15, 0.2) is 58.2 Å². The highest BCUT2D eigenvalue weighted by Gasteiger charge is 2.26. The molecule has 0 unspecified atom stereocenters. The lowest BCUT2D eigenvalue weighted by Gasteiger charge is -2.26. The zero-order valence-electron chi connectivity index (χ0n) is 18.5. The normalized spacial score (nSPS) is 15.1. The van der Waals surface area contributed by atoms with E-state index in [1.165, 1.54) is 8.99 Å². The average molecular weight is 471 g/mol. The Kier molecular flexibility index (Phi) is 6.59. The van der Waals surface area contributed by atoms with Crippen molar-refractivity contribution in [1.29, 1.82) is 0 Å². The molecule has 1 aliphatic heterocycles. The van der Waals surface area contributed by atoms with Gasteiger partial charge >= 0.3 is 0 Å². The van der Waals surface area contributed by atoms with Crippen LogP contribution in [0.3, 0.4) is 0 Å². The minimum absolute atomic E-state index is 0.172. The summed E-state index contributed by atoms with van der Waals surface area (Å²) in [5.74, 6) is -0.411. The number of carbonyl (C=O) groups is 1. The number of nitrogens with zero attached hydrogens (tertiary/aromatic N) is 3. The van der Waals surface area contributed by atoms with Crippen molar-refractivity contribution in [1.82, 2.24) is 19.4 Å². The summed E-state index contributed by atoms with van der Waals surface area (Å²) < 4.78 is 33.4. The van der Waals surface area contributed by atoms with Gasteiger partial charge in [-0.1, -0.05) is 30.3 Å². The second-order valence-electron chi connectivity index (χ2n) is 8.08. The SMILES string of the molecule is CC(C)n1nc(C(=O)NCc2ccc(S(=O)(=O)N3CCOCC3)cc2)c2ccccc2c1=O. The fourth-order valence-electron chi connectivity index (χ4n) is 3.71. The van der Waals surface area contributed by atoms with Gasteiger partial charge in [0.2, 0.25) is 10.0 Å². The summed E-state index contributed by atoms with van der Waals surface area (Å²) in [5.41, 5.74) is 0.672. The first kappa shape index (κ1) is 23.1. The van der Waals surface area contributed by atoms with E-state index in [4.69, 9.17) is 4.74 Å². The molecule has 0 radical (unpaired) electrons. The fraction of sp³-hybridized carbons (Fsp3) is 0.348. The van der Waals surface area contributed by atoms with Crippen LogP contribution in [0.1, 0.15) is 35.9 Å². The number of ether oxygens (including phenoxy) is 1. The van der Waals surface area contributed by atoms with E-state index in [2.05, 4.69) is 10.4 Å². The van der Waals surface area contributed by atoms with Gasteiger partial charge in [-0.15, -0.1) is 0 Å². The Morgan fingerprint density at radius 1 is 1.06 bits per heavy atom. The second kappa shape index (κ2) is 9.42. The molecule has 0 aliphatic carbocycles. The van der Waals surface area contributed by atoms with Crippen molar-refractivity contribution in [3.05, 3.63) is 70.1 Å². The van der Waals surface area contributed by atoms with Crippen molar-refractivity contribution < 1.29 is 17.9 Å². The van der Waals surface area contributed by atoms with Crippen molar-refractivity contribution in [2.45, 2.75) is 31.3 Å². The van der Waals surface area contributed by atoms with Crippen LogP contribution in [0.2, 0.25) is 0 Å². The largest absolute Gasteiger partial charge is 0.379 e. The molecule has 9 nitrogen and oxygen atoms in total. The molecule has 2 aromatic carbocycles. The molecule has 3 aromatic rings. The van der Waals surface area contributed by atoms with Crippen molar-refractivity contribution in [2.75, 3.05) is 26.3 Å². The Balaban J connectivity index is 1.52. The molecule has 1 fully saturated rings. The van der Waals surface area contributed by atoms with Gasteiger partial charge in [0.05, 0.1) is 29.5 Å². The third-order valence-electron chi connectivity index (χ3n) is 5.52. The molecule has 0 bridgehead atoms. The topological polar surface area (TPSA) is 111 Å². The molecule has 4 rings (SSSR count). The summed E-state index contributed by atoms with van der Waals surface area (Å²) in [6.45, 7) is 5.29. The fourth-order valence-corrected chi connectivity index (χ4v) is 5.11. The molecule has 2 heterocycles. The number of nitrogens with one attached hydrogen (secondary N) is 1. The Morgan fingerprint density at radius 2 is 1.70 bits per heavy atom. The molecule has 0 spiro atoms. The van der Waals surface area contributed by atoms with Crippen molar-refractivity contribution in [2.24, 2.45) is 0 Å². The zero-order chi connectivity index (χ0) is 23.6. The highest BCUT2D eigenvalue weighted by Crippen LogP contribution is 2.18. The maximum atomic E-state index is 12.9. The van der Waals surface area contributed by atoms with Gasteiger partial charge in [-0.3, -0.25) is 9.59 Å². The van der Waals surface area contributed by atoms with Crippen LogP contribution >= 0.6 is 0 Å². The van der Waals surface area contributed by atoms with Crippen LogP contribution in [-0.4, -0.2) is 54.7 Å². The third kappa shape index (κ3) is 4.68. The quantitative estimate of drug-likeness (QED) is 0.589. The highest BCUT2D eigenvalue weighted by atomic mass is 32.2. The van der Waals surface area contributed by atoms with Gasteiger partial charge in [0.15, 0.2) is 5.69 Å². The third-order valence-corrected chi connectivity index (χ3v) is 7.43. The van der Waals surface area contributed by atoms with Crippen LogP contribution in [-0.2, 0) is 21.3 Å². The molecule has 0 atom stereocenters. The number of fused-ring (bicyclic) bond motifs is 1. The Morgan fingerprint density at radius 3 is 2.33 bits per heavy atom. The second-order valence-corrected chi connectivity index (χ2v) is 10.0. The van der Waals surface area contributed by atoms with E-state index in [1.54, 1.807) is 48.5 Å². The number of benzene rings is 2. The first-order valence-corrected chi connectivity index (χ1v) is 12.2. The summed E-state index contributed by atoms with van der Waals surface area (Å²) in [6.07, 6.45) is 0. The number of amides is 1. The zero-order valence-corrected chi connectivity index (χ0v) is 19.3. The van der Waals surface area contributed by atoms with Gasteiger partial charge in [0.1, 0.15) is 0 Å². The molecule has 1 aromatic heterocycles. The van der Waals surface area contributed by atoms with Crippen LogP contribution < -0.4 is 10.9 Å². The molecule has 10 heteroatoms. The van der Waals surface area contributed by atoms with Crippen LogP contribution in [0.4, 0.5) is 0 Å². The minimum Gasteiger partial charge on any atom is -0.379 e. The maximum absolute atomic E-state index is 12.9. The Bertz CT molecular complexity index is 1330. The molecule has 1 amide bonds. The lowest BCUT2D eigenvalue weighted by molar-refractivity contribution is 0.0730. The molecule has 174 valence electrons. The van der Waals surface area contributed by atoms with E-state index < -0.39 is 15.9 Å². The van der Waals surface area contributed by atoms with Gasteiger partial charge in [-0.05, 0) is 37.6 Å². The predicted molar refractivity (Wildman–Crippen MR) is 124 cm³/mol. The number of hydrogen-bond donors (Lipinski definition) is 1. The van der Waals surface area contributed by atoms with Crippen LogP contribution in [0.5, 0.6) is 0 Å². The Hall–Kier alpha value is -3.08. The van der Waals surface area contributed by atoms with Gasteiger partial charge in [0, 0.05) is 25.0 Å². The lowest BCUT2D eigenvalue weighted by Crippen LogP contribution is -2.40. The first-order chi connectivity index (χ1) is 15.8. The van der Waals surface area contributed by atoms with E-state index >= 15 is 0 Å². The van der Waals surface area contributed by atoms with E-state index in [0.717, 1.165) is 5.56 Å². The maximum Gasteiger partial charge on any atom is 0.274 e. The summed E-state index contributed by atoms with van der Waals surface area (Å²) in [5, 5.41) is 8.05. The van der Waals surface area contributed by atoms with Crippen LogP contribution in [0.25, 0.3) is 10.8 Å². The van der Waals surface area contributed by atoms with E-state index in [1.807, 2.05) is 13.8 Å². The van der Waals surface area contributed by atoms with Crippen molar-refractivity contribution in [3.8, 4) is 0 Å². The number of hydrogen-bond acceptors (Lipinski definition) is 6. The van der Waals surface area contributed by atoms with Crippen molar-refractivity contribution in [3.63, 3.8) is 0 Å². The Labute approximate surface area is 192 Å². The van der Waals surface area contributed by atoms with Crippen LogP contribution in [0, 0.1) is 0 Å². The first-order valence-electron chi connectivity index (χ1n) is 10.8. The van der Waals surface area contributed by atoms with E-state index in [-0.39, 0.29) is 28.7 Å². The monoisotopic (exact) mass is 470 g/mol. The number of carbonyl (C=O) groups excluding carboxylic acids is 1. The molecule has 0 saturated carbocycles. The molecule has 1 aliphatic rings. The summed E-state index contributed by atoms with van der Waals surface area (Å²) in [4.78, 5) is 25.8. The smallest absolute Gasteiger partial charge is 0.274 e. The van der Waals surface area contributed by atoms with E-state index in [9.17, 15) is 18.0 Å². The number of aromatic nitrogens is 2. The highest BCUT2D eigenvalue weighted by molar-refractivity contribution is 7.89. The minimum atomic E-state index is -3.57. The van der Waals surface area contributed by atoms with Crippen molar-refractivity contribution >= 4 is 26.7 Å². The molecular weight excluding hydrogens is 444 g/mol. The van der Waals surface area contributed by atoms with Gasteiger partial charge < -0.3 is 10.1 Å². The molecule has 33 heavy (non-hydrogen) atoms. The lowest BCUT2D eigenvalue weighted by atomic mass is 10.1. The standard InChI is InChI=1S/C23H26N4O5S/c1-16(2)27-23(29)20-6-4-3-5-19(20)21(25-27)22(28)24-15-17-7-9-18(10-8-17)33(30,31)26-11-13-32-14-12-26/h3-10,16H,11-15H2,1-2H3,(H,24,28). The predicted octanol–water partition coefficient (Wildman–Crippen LogP) is 1.93. The number of rotatable bonds is 6. The summed E-state index contributed by atoms with van der Waals surface area (Å²) in [7, 11) is -3.57. The van der Waals surface area contributed by atoms with E-state index in [0.29, 0.717) is 37.1 Å². The molecular formula is C23H26N4O5S. The summed E-state index contributed by atoms with van der Waals surface area (Å²) >= 11 is 0. The molecule has 1 N–H and O–H groups in total.